The van der Waals surface area contributed by atoms with E-state index in [1.807, 2.05) is 18.2 Å². The van der Waals surface area contributed by atoms with Gasteiger partial charge in [0.05, 0.1) is 12.7 Å². The van der Waals surface area contributed by atoms with Crippen molar-refractivity contribution in [3.63, 3.8) is 0 Å². The third-order valence-corrected chi connectivity index (χ3v) is 9.26. The number of aliphatic hydroxyl groups is 6. The van der Waals surface area contributed by atoms with Crippen LogP contribution in [0.4, 0.5) is 0 Å². The molecule has 0 radical (unpaired) electrons. The Kier molecular flexibility index (Phi) is 12.8. The third-order valence-electron chi connectivity index (χ3n) is 7.20. The SMILES string of the molecule is O=C(OC[C@H](O)[C@H](O)[C@H](O)[C@@H](O)CO)c1ccc(CCC[C@@H]2[C@@H](CCc3cc(Cl)cc(Cl)c3)[C@H](O)C[C@H]2Cl)s1. The summed E-state index contributed by atoms with van der Waals surface area (Å²) >= 11 is 20.1. The highest BCUT2D eigenvalue weighted by atomic mass is 35.5. The zero-order valence-electron chi connectivity index (χ0n) is 21.2. The van der Waals surface area contributed by atoms with Crippen molar-refractivity contribution in [2.75, 3.05) is 13.2 Å². The maximum absolute atomic E-state index is 12.4. The van der Waals surface area contributed by atoms with Crippen molar-refractivity contribution in [3.8, 4) is 0 Å². The molecule has 1 fully saturated rings. The van der Waals surface area contributed by atoms with E-state index < -0.39 is 49.7 Å². The number of carbonyl (C=O) groups excluding carboxylic acids is 1. The Bertz CT molecular complexity index is 1050. The van der Waals surface area contributed by atoms with Crippen molar-refractivity contribution in [3.05, 3.63) is 55.7 Å². The molecule has 0 aliphatic heterocycles. The van der Waals surface area contributed by atoms with Gasteiger partial charge in [-0.1, -0.05) is 23.2 Å². The Morgan fingerprint density at radius 2 is 1.64 bits per heavy atom. The fourth-order valence-corrected chi connectivity index (χ4v) is 7.06. The summed E-state index contributed by atoms with van der Waals surface area (Å²) in [5, 5.41) is 59.3. The lowest BCUT2D eigenvalue weighted by Crippen LogP contribution is -2.47. The van der Waals surface area contributed by atoms with Crippen LogP contribution in [-0.4, -0.2) is 85.7 Å². The average Bonchev–Trinajstić information content (AvgIpc) is 3.47. The van der Waals surface area contributed by atoms with Gasteiger partial charge in [0.2, 0.25) is 0 Å². The van der Waals surface area contributed by atoms with E-state index in [0.717, 1.165) is 42.5 Å². The van der Waals surface area contributed by atoms with Crippen LogP contribution in [0.2, 0.25) is 10.0 Å². The second kappa shape index (κ2) is 15.3. The Balaban J connectivity index is 1.46. The normalized spacial score (nSPS) is 24.3. The summed E-state index contributed by atoms with van der Waals surface area (Å²) in [7, 11) is 0. The van der Waals surface area contributed by atoms with Crippen molar-refractivity contribution >= 4 is 52.1 Å². The first-order valence-corrected chi connectivity index (χ1v) is 14.9. The van der Waals surface area contributed by atoms with Crippen LogP contribution in [0.5, 0.6) is 0 Å². The van der Waals surface area contributed by atoms with E-state index in [4.69, 9.17) is 44.6 Å². The summed E-state index contributed by atoms with van der Waals surface area (Å²) < 4.78 is 5.04. The van der Waals surface area contributed by atoms with Crippen LogP contribution in [0, 0.1) is 11.8 Å². The van der Waals surface area contributed by atoms with Crippen LogP contribution in [-0.2, 0) is 17.6 Å². The number of ether oxygens (including phenoxy) is 1. The number of aryl methyl sites for hydroxylation is 2. The topological polar surface area (TPSA) is 148 Å². The van der Waals surface area contributed by atoms with Crippen molar-refractivity contribution < 1.29 is 40.2 Å². The van der Waals surface area contributed by atoms with Crippen molar-refractivity contribution in [2.45, 2.75) is 74.4 Å². The lowest BCUT2D eigenvalue weighted by atomic mass is 9.85. The maximum Gasteiger partial charge on any atom is 0.348 e. The molecule has 0 unspecified atom stereocenters. The molecule has 0 spiro atoms. The number of benzene rings is 1. The van der Waals surface area contributed by atoms with Gasteiger partial charge in [0, 0.05) is 20.3 Å². The monoisotopic (exact) mass is 624 g/mol. The molecule has 8 nitrogen and oxygen atoms in total. The minimum Gasteiger partial charge on any atom is -0.459 e. The van der Waals surface area contributed by atoms with E-state index >= 15 is 0 Å². The van der Waals surface area contributed by atoms with E-state index in [0.29, 0.717) is 21.3 Å². The van der Waals surface area contributed by atoms with Gasteiger partial charge in [-0.05, 0) is 86.3 Å². The van der Waals surface area contributed by atoms with Gasteiger partial charge in [-0.2, -0.15) is 0 Å². The number of hydrogen-bond acceptors (Lipinski definition) is 9. The van der Waals surface area contributed by atoms with E-state index in [-0.39, 0.29) is 17.2 Å². The second-order valence-electron chi connectivity index (χ2n) is 10.0. The molecule has 39 heavy (non-hydrogen) atoms. The lowest BCUT2D eigenvalue weighted by Gasteiger charge is -2.25. The molecular formula is C27H35Cl3O8S. The van der Waals surface area contributed by atoms with Gasteiger partial charge in [-0.3, -0.25) is 0 Å². The van der Waals surface area contributed by atoms with Crippen molar-refractivity contribution in [2.24, 2.45) is 11.8 Å². The molecule has 3 rings (SSSR count). The van der Waals surface area contributed by atoms with E-state index in [9.17, 15) is 30.3 Å². The van der Waals surface area contributed by atoms with Gasteiger partial charge in [-0.25, -0.2) is 4.79 Å². The van der Waals surface area contributed by atoms with Crippen molar-refractivity contribution in [1.29, 1.82) is 0 Å². The smallest absolute Gasteiger partial charge is 0.348 e. The van der Waals surface area contributed by atoms with E-state index in [1.165, 1.54) is 11.3 Å². The van der Waals surface area contributed by atoms with Crippen molar-refractivity contribution in [1.82, 2.24) is 0 Å². The maximum atomic E-state index is 12.4. The number of esters is 1. The molecule has 6 N–H and O–H groups in total. The van der Waals surface area contributed by atoms with Gasteiger partial charge in [0.1, 0.15) is 35.9 Å². The number of rotatable bonds is 14. The Labute approximate surface area is 246 Å². The second-order valence-corrected chi connectivity index (χ2v) is 12.6. The number of carbonyl (C=O) groups is 1. The number of aliphatic hydroxyl groups excluding tert-OH is 6. The minimum atomic E-state index is -1.80. The highest BCUT2D eigenvalue weighted by Gasteiger charge is 2.40. The number of hydrogen-bond donors (Lipinski definition) is 6. The molecule has 1 aliphatic rings. The number of alkyl halides is 1. The molecule has 1 aromatic carbocycles. The van der Waals surface area contributed by atoms with Crippen LogP contribution in [0.3, 0.4) is 0 Å². The van der Waals surface area contributed by atoms with Crippen LogP contribution in [0.15, 0.2) is 30.3 Å². The highest BCUT2D eigenvalue weighted by molar-refractivity contribution is 7.13. The molecule has 2 aromatic rings. The summed E-state index contributed by atoms with van der Waals surface area (Å²) in [5.41, 5.74) is 1.02. The molecule has 0 bridgehead atoms. The summed E-state index contributed by atoms with van der Waals surface area (Å²) in [5.74, 6) is -0.457. The fraction of sp³-hybridized carbons (Fsp3) is 0.593. The molecule has 1 aromatic heterocycles. The van der Waals surface area contributed by atoms with E-state index in [1.54, 1.807) is 12.1 Å². The van der Waals surface area contributed by atoms with Gasteiger partial charge in [0.15, 0.2) is 0 Å². The average molecular weight is 626 g/mol. The first-order valence-electron chi connectivity index (χ1n) is 12.9. The van der Waals surface area contributed by atoms with Crippen LogP contribution >= 0.6 is 46.1 Å². The molecule has 8 atom stereocenters. The zero-order chi connectivity index (χ0) is 28.7. The van der Waals surface area contributed by atoms with Crippen LogP contribution in [0.25, 0.3) is 0 Å². The standard InChI is InChI=1S/C27H35Cl3O8S/c28-15-8-14(9-16(29)10-15)4-6-19-18(20(30)11-21(19)32)3-1-2-17-5-7-24(39-17)27(37)38-13-23(34)26(36)25(35)22(33)12-31/h5,7-10,18-23,25-26,31-36H,1-4,6,11-13H2/t18-,19-,20-,21-,22+,23+,25-,26+/m1/s1. The molecule has 1 aliphatic carbocycles. The minimum absolute atomic E-state index is 0.0675. The summed E-state index contributed by atoms with van der Waals surface area (Å²) in [6, 6.07) is 8.91. The molecule has 1 saturated carbocycles. The first-order chi connectivity index (χ1) is 18.5. The molecule has 1 heterocycles. The molecule has 218 valence electrons. The Morgan fingerprint density at radius 1 is 0.974 bits per heavy atom. The predicted molar refractivity (Wildman–Crippen MR) is 151 cm³/mol. The van der Waals surface area contributed by atoms with Crippen LogP contribution < -0.4 is 0 Å². The molecule has 12 heteroatoms. The predicted octanol–water partition coefficient (Wildman–Crippen LogP) is 3.21. The lowest BCUT2D eigenvalue weighted by molar-refractivity contribution is -0.124. The Morgan fingerprint density at radius 3 is 2.31 bits per heavy atom. The van der Waals surface area contributed by atoms with Gasteiger partial charge in [-0.15, -0.1) is 22.9 Å². The summed E-state index contributed by atoms with van der Waals surface area (Å²) in [4.78, 5) is 13.7. The molecular weight excluding hydrogens is 591 g/mol. The number of halogens is 3. The zero-order valence-corrected chi connectivity index (χ0v) is 24.3. The largest absolute Gasteiger partial charge is 0.459 e. The van der Waals surface area contributed by atoms with E-state index in [2.05, 4.69) is 0 Å². The molecule has 0 saturated heterocycles. The Hall–Kier alpha value is -0.980. The van der Waals surface area contributed by atoms with Gasteiger partial charge >= 0.3 is 5.97 Å². The summed E-state index contributed by atoms with van der Waals surface area (Å²) in [6.07, 6.45) is -2.88. The van der Waals surface area contributed by atoms with Crippen LogP contribution in [0.1, 0.15) is 45.8 Å². The summed E-state index contributed by atoms with van der Waals surface area (Å²) in [6.45, 7) is -1.39. The quantitative estimate of drug-likeness (QED) is 0.139. The van der Waals surface area contributed by atoms with Gasteiger partial charge < -0.3 is 35.4 Å². The first kappa shape index (κ1) is 32.5. The third kappa shape index (κ3) is 9.26. The van der Waals surface area contributed by atoms with Gasteiger partial charge in [0.25, 0.3) is 0 Å². The number of thiophene rings is 1. The fourth-order valence-electron chi connectivity index (χ4n) is 5.05. The highest BCUT2D eigenvalue weighted by Crippen LogP contribution is 2.42. The molecule has 0 amide bonds.